The van der Waals surface area contributed by atoms with Gasteiger partial charge < -0.3 is 4.98 Å². The van der Waals surface area contributed by atoms with Gasteiger partial charge in [0.25, 0.3) is 0 Å². The Labute approximate surface area is 114 Å². The summed E-state index contributed by atoms with van der Waals surface area (Å²) < 4.78 is 41.0. The summed E-state index contributed by atoms with van der Waals surface area (Å²) >= 11 is 3.14. The molecule has 0 fully saturated rings. The third-order valence-electron chi connectivity index (χ3n) is 2.69. The lowest BCUT2D eigenvalue weighted by molar-refractivity contribution is 0.590. The minimum atomic E-state index is -0.782. The molecule has 0 aliphatic rings. The number of hydrogen-bond acceptors (Lipinski definition) is 1. The van der Waals surface area contributed by atoms with Gasteiger partial charge in [-0.05, 0) is 24.3 Å². The molecule has 0 saturated heterocycles. The van der Waals surface area contributed by atoms with Crippen molar-refractivity contribution in [3.63, 3.8) is 0 Å². The van der Waals surface area contributed by atoms with Crippen LogP contribution in [0.2, 0.25) is 0 Å². The molecule has 0 spiro atoms. The van der Waals surface area contributed by atoms with Crippen LogP contribution in [-0.4, -0.2) is 9.97 Å². The summed E-state index contributed by atoms with van der Waals surface area (Å²) in [5.74, 6) is -1.84. The standard InChI is InChI=1S/C13H6BrF3N2/c14-6-1-2-8(9(16)3-6)13-18-11-5-7(15)4-10(17)12(11)19-13/h1-5H,(H,18,19). The van der Waals surface area contributed by atoms with E-state index in [0.29, 0.717) is 4.47 Å². The summed E-state index contributed by atoms with van der Waals surface area (Å²) in [6.07, 6.45) is 0. The molecule has 6 heteroatoms. The number of aromatic amines is 1. The van der Waals surface area contributed by atoms with Crippen molar-refractivity contribution >= 4 is 27.0 Å². The average Bonchev–Trinajstić information content (AvgIpc) is 2.72. The van der Waals surface area contributed by atoms with Crippen molar-refractivity contribution in [2.24, 2.45) is 0 Å². The molecular weight excluding hydrogens is 321 g/mol. The quantitative estimate of drug-likeness (QED) is 0.705. The van der Waals surface area contributed by atoms with Gasteiger partial charge in [0.05, 0.1) is 11.1 Å². The van der Waals surface area contributed by atoms with E-state index in [4.69, 9.17) is 0 Å². The molecule has 0 unspecified atom stereocenters. The molecule has 3 rings (SSSR count). The molecule has 1 N–H and O–H groups in total. The normalized spacial score (nSPS) is 11.2. The zero-order valence-corrected chi connectivity index (χ0v) is 10.9. The summed E-state index contributed by atoms with van der Waals surface area (Å²) in [7, 11) is 0. The molecule has 3 aromatic rings. The van der Waals surface area contributed by atoms with Crippen molar-refractivity contribution in [1.29, 1.82) is 0 Å². The van der Waals surface area contributed by atoms with E-state index >= 15 is 0 Å². The number of fused-ring (bicyclic) bond motifs is 1. The fourth-order valence-electron chi connectivity index (χ4n) is 1.85. The topological polar surface area (TPSA) is 28.7 Å². The first-order valence-corrected chi connectivity index (χ1v) is 6.14. The maximum absolute atomic E-state index is 13.8. The van der Waals surface area contributed by atoms with Gasteiger partial charge in [0.15, 0.2) is 5.82 Å². The molecule has 1 heterocycles. The maximum Gasteiger partial charge on any atom is 0.153 e. The maximum atomic E-state index is 13.8. The molecule has 19 heavy (non-hydrogen) atoms. The molecule has 1 aromatic heterocycles. The van der Waals surface area contributed by atoms with Crippen LogP contribution in [0.3, 0.4) is 0 Å². The number of aromatic nitrogens is 2. The van der Waals surface area contributed by atoms with Gasteiger partial charge in [-0.15, -0.1) is 0 Å². The molecule has 2 nitrogen and oxygen atoms in total. The molecule has 0 aliphatic carbocycles. The summed E-state index contributed by atoms with van der Waals surface area (Å²) in [6.45, 7) is 0. The lowest BCUT2D eigenvalue weighted by atomic mass is 10.2. The molecule has 96 valence electrons. The Kier molecular flexibility index (Phi) is 2.82. The Morgan fingerprint density at radius 2 is 1.79 bits per heavy atom. The highest BCUT2D eigenvalue weighted by Crippen LogP contribution is 2.26. The number of halogens is 4. The van der Waals surface area contributed by atoms with E-state index in [1.807, 2.05) is 0 Å². The van der Waals surface area contributed by atoms with Crippen LogP contribution in [0, 0.1) is 17.5 Å². The Balaban J connectivity index is 2.23. The van der Waals surface area contributed by atoms with E-state index in [9.17, 15) is 13.2 Å². The van der Waals surface area contributed by atoms with E-state index in [0.717, 1.165) is 12.1 Å². The lowest BCUT2D eigenvalue weighted by Gasteiger charge is -1.99. The van der Waals surface area contributed by atoms with E-state index in [-0.39, 0.29) is 22.4 Å². The van der Waals surface area contributed by atoms with Crippen LogP contribution >= 0.6 is 15.9 Å². The monoisotopic (exact) mass is 326 g/mol. The first-order chi connectivity index (χ1) is 9.04. The zero-order chi connectivity index (χ0) is 13.6. The van der Waals surface area contributed by atoms with Crippen molar-refractivity contribution in [2.75, 3.05) is 0 Å². The molecule has 0 radical (unpaired) electrons. The van der Waals surface area contributed by atoms with Crippen LogP contribution in [-0.2, 0) is 0 Å². The second-order valence-electron chi connectivity index (χ2n) is 3.99. The lowest BCUT2D eigenvalue weighted by Crippen LogP contribution is -1.86. The minimum absolute atomic E-state index is 0.0151. The molecule has 0 amide bonds. The van der Waals surface area contributed by atoms with Gasteiger partial charge in [-0.25, -0.2) is 18.2 Å². The Hall–Kier alpha value is -1.82. The predicted molar refractivity (Wildman–Crippen MR) is 69.1 cm³/mol. The van der Waals surface area contributed by atoms with Gasteiger partial charge >= 0.3 is 0 Å². The number of rotatable bonds is 1. The third kappa shape index (κ3) is 2.12. The highest BCUT2D eigenvalue weighted by molar-refractivity contribution is 9.10. The molecular formula is C13H6BrF3N2. The van der Waals surface area contributed by atoms with Crippen molar-refractivity contribution in [2.45, 2.75) is 0 Å². The second-order valence-corrected chi connectivity index (χ2v) is 4.91. The highest BCUT2D eigenvalue weighted by atomic mass is 79.9. The van der Waals surface area contributed by atoms with Crippen molar-refractivity contribution in [3.8, 4) is 11.4 Å². The predicted octanol–water partition coefficient (Wildman–Crippen LogP) is 4.41. The van der Waals surface area contributed by atoms with Gasteiger partial charge in [0.1, 0.15) is 23.0 Å². The first-order valence-electron chi connectivity index (χ1n) is 5.35. The van der Waals surface area contributed by atoms with Gasteiger partial charge in [0.2, 0.25) is 0 Å². The summed E-state index contributed by atoms with van der Waals surface area (Å²) in [5.41, 5.74) is 0.368. The molecule has 0 atom stereocenters. The van der Waals surface area contributed by atoms with Crippen LogP contribution in [0.5, 0.6) is 0 Å². The number of imidazole rings is 1. The Bertz CT molecular complexity index is 783. The fraction of sp³-hybridized carbons (Fsp3) is 0. The van der Waals surface area contributed by atoms with Gasteiger partial charge in [-0.2, -0.15) is 0 Å². The number of nitrogens with zero attached hydrogens (tertiary/aromatic N) is 1. The van der Waals surface area contributed by atoms with Crippen LogP contribution in [0.15, 0.2) is 34.8 Å². The molecule has 0 bridgehead atoms. The van der Waals surface area contributed by atoms with Crippen molar-refractivity contribution < 1.29 is 13.2 Å². The zero-order valence-electron chi connectivity index (χ0n) is 9.35. The fourth-order valence-corrected chi connectivity index (χ4v) is 2.18. The molecule has 2 aromatic carbocycles. The highest BCUT2D eigenvalue weighted by Gasteiger charge is 2.13. The van der Waals surface area contributed by atoms with E-state index in [1.165, 1.54) is 12.1 Å². The Morgan fingerprint density at radius 1 is 1.00 bits per heavy atom. The minimum Gasteiger partial charge on any atom is -0.338 e. The largest absolute Gasteiger partial charge is 0.338 e. The van der Waals surface area contributed by atoms with Gasteiger partial charge in [0, 0.05) is 10.5 Å². The van der Waals surface area contributed by atoms with Crippen molar-refractivity contribution in [3.05, 3.63) is 52.3 Å². The van der Waals surface area contributed by atoms with Crippen LogP contribution in [0.4, 0.5) is 13.2 Å². The molecule has 0 aliphatic heterocycles. The SMILES string of the molecule is Fc1cc(F)c2nc(-c3ccc(Br)cc3F)[nH]c2c1. The summed E-state index contributed by atoms with van der Waals surface area (Å²) in [6, 6.07) is 6.28. The van der Waals surface area contributed by atoms with E-state index in [1.54, 1.807) is 6.07 Å². The number of benzene rings is 2. The van der Waals surface area contributed by atoms with Crippen LogP contribution < -0.4 is 0 Å². The number of hydrogen-bond donors (Lipinski definition) is 1. The number of H-pyrrole nitrogens is 1. The van der Waals surface area contributed by atoms with Gasteiger partial charge in [-0.3, -0.25) is 0 Å². The van der Waals surface area contributed by atoms with E-state index in [2.05, 4.69) is 25.9 Å². The van der Waals surface area contributed by atoms with Gasteiger partial charge in [-0.1, -0.05) is 15.9 Å². The third-order valence-corrected chi connectivity index (χ3v) is 3.18. The van der Waals surface area contributed by atoms with E-state index < -0.39 is 17.5 Å². The van der Waals surface area contributed by atoms with Crippen molar-refractivity contribution in [1.82, 2.24) is 9.97 Å². The second kappa shape index (κ2) is 4.38. The van der Waals surface area contributed by atoms with Crippen LogP contribution in [0.25, 0.3) is 22.4 Å². The van der Waals surface area contributed by atoms with Crippen LogP contribution in [0.1, 0.15) is 0 Å². The average molecular weight is 327 g/mol. The smallest absolute Gasteiger partial charge is 0.153 e. The molecule has 0 saturated carbocycles. The summed E-state index contributed by atoms with van der Waals surface area (Å²) in [4.78, 5) is 6.67. The summed E-state index contributed by atoms with van der Waals surface area (Å²) in [5, 5.41) is 0. The first kappa shape index (κ1) is 12.2. The Morgan fingerprint density at radius 3 is 2.53 bits per heavy atom. The number of nitrogens with one attached hydrogen (secondary N) is 1.